The number of amides is 1. The second kappa shape index (κ2) is 9.07. The van der Waals surface area contributed by atoms with Crippen LogP contribution in [0.15, 0.2) is 85.5 Å². The third-order valence-electron chi connectivity index (χ3n) is 5.87. The standard InChI is InChI=1S/C28H24N4O4/c1-17(2)36-26-15-22(9-10-23(26)27(29)33)32-24(13-19-3-4-20(28(34)35)14-25(19)32)18-5-7-21(8-6-18)31-12-11-30-16-31/h3-17H,1-2H3,(H2,29,33)(H,34,35). The summed E-state index contributed by atoms with van der Waals surface area (Å²) < 4.78 is 9.78. The van der Waals surface area contributed by atoms with Crippen LogP contribution >= 0.6 is 0 Å². The van der Waals surface area contributed by atoms with Gasteiger partial charge in [-0.15, -0.1) is 0 Å². The Labute approximate surface area is 207 Å². The topological polar surface area (TPSA) is 112 Å². The smallest absolute Gasteiger partial charge is 0.335 e. The number of rotatable bonds is 7. The molecule has 36 heavy (non-hydrogen) atoms. The number of primary amides is 1. The van der Waals surface area contributed by atoms with Crippen molar-refractivity contribution < 1.29 is 19.4 Å². The zero-order valence-electron chi connectivity index (χ0n) is 19.8. The summed E-state index contributed by atoms with van der Waals surface area (Å²) in [5, 5.41) is 10.5. The van der Waals surface area contributed by atoms with Crippen LogP contribution in [-0.4, -0.2) is 37.2 Å². The molecule has 0 atom stereocenters. The number of hydrogen-bond donors (Lipinski definition) is 2. The maximum atomic E-state index is 12.0. The molecule has 2 heterocycles. The average molecular weight is 481 g/mol. The Bertz CT molecular complexity index is 1580. The minimum absolute atomic E-state index is 0.173. The molecule has 2 aromatic heterocycles. The Morgan fingerprint density at radius 1 is 0.972 bits per heavy atom. The van der Waals surface area contributed by atoms with Crippen molar-refractivity contribution in [1.29, 1.82) is 0 Å². The summed E-state index contributed by atoms with van der Waals surface area (Å²) in [5.74, 6) is -1.23. The summed E-state index contributed by atoms with van der Waals surface area (Å²) in [6, 6.07) is 20.2. The zero-order valence-corrected chi connectivity index (χ0v) is 19.8. The predicted octanol–water partition coefficient (Wildman–Crippen LogP) is 5.07. The van der Waals surface area contributed by atoms with Gasteiger partial charge in [0, 0.05) is 35.2 Å². The quantitative estimate of drug-likeness (QED) is 0.338. The Kier molecular flexibility index (Phi) is 5.77. The lowest BCUT2D eigenvalue weighted by molar-refractivity contribution is 0.0696. The van der Waals surface area contributed by atoms with Crippen molar-refractivity contribution in [2.45, 2.75) is 20.0 Å². The van der Waals surface area contributed by atoms with Crippen molar-refractivity contribution in [3.8, 4) is 28.4 Å². The van der Waals surface area contributed by atoms with Crippen molar-refractivity contribution >= 4 is 22.8 Å². The van der Waals surface area contributed by atoms with E-state index in [9.17, 15) is 14.7 Å². The van der Waals surface area contributed by atoms with Gasteiger partial charge in [-0.25, -0.2) is 9.78 Å². The van der Waals surface area contributed by atoms with Gasteiger partial charge in [0.05, 0.1) is 34.8 Å². The van der Waals surface area contributed by atoms with Crippen molar-refractivity contribution in [3.05, 3.63) is 96.6 Å². The van der Waals surface area contributed by atoms with Crippen LogP contribution in [0.2, 0.25) is 0 Å². The lowest BCUT2D eigenvalue weighted by Crippen LogP contribution is -2.16. The number of ether oxygens (including phenoxy) is 1. The molecule has 8 nitrogen and oxygen atoms in total. The van der Waals surface area contributed by atoms with Crippen molar-refractivity contribution in [2.75, 3.05) is 0 Å². The molecule has 5 rings (SSSR count). The summed E-state index contributed by atoms with van der Waals surface area (Å²) in [6.45, 7) is 3.74. The largest absolute Gasteiger partial charge is 0.490 e. The third-order valence-corrected chi connectivity index (χ3v) is 5.87. The molecular formula is C28H24N4O4. The molecule has 8 heteroatoms. The number of aromatic nitrogens is 3. The first-order valence-corrected chi connectivity index (χ1v) is 11.4. The highest BCUT2D eigenvalue weighted by Gasteiger charge is 2.18. The highest BCUT2D eigenvalue weighted by Crippen LogP contribution is 2.35. The Hall–Kier alpha value is -4.85. The molecule has 180 valence electrons. The van der Waals surface area contributed by atoms with Crippen LogP contribution in [0.4, 0.5) is 0 Å². The summed E-state index contributed by atoms with van der Waals surface area (Å²) in [7, 11) is 0. The van der Waals surface area contributed by atoms with E-state index in [1.54, 1.807) is 48.9 Å². The van der Waals surface area contributed by atoms with E-state index in [-0.39, 0.29) is 17.2 Å². The fourth-order valence-electron chi connectivity index (χ4n) is 4.25. The molecule has 0 aliphatic heterocycles. The number of carboxylic acids is 1. The Balaban J connectivity index is 1.73. The van der Waals surface area contributed by atoms with E-state index in [0.29, 0.717) is 17.0 Å². The normalized spacial score (nSPS) is 11.2. The number of carbonyl (C=O) groups excluding carboxylic acids is 1. The van der Waals surface area contributed by atoms with Gasteiger partial charge in [0.2, 0.25) is 0 Å². The Morgan fingerprint density at radius 3 is 2.36 bits per heavy atom. The number of imidazole rings is 1. The molecule has 0 unspecified atom stereocenters. The molecule has 0 radical (unpaired) electrons. The van der Waals surface area contributed by atoms with Crippen molar-refractivity contribution in [1.82, 2.24) is 14.1 Å². The number of aromatic carboxylic acids is 1. The number of carbonyl (C=O) groups is 2. The van der Waals surface area contributed by atoms with Crippen molar-refractivity contribution in [3.63, 3.8) is 0 Å². The van der Waals surface area contributed by atoms with E-state index >= 15 is 0 Å². The maximum absolute atomic E-state index is 12.0. The highest BCUT2D eigenvalue weighted by atomic mass is 16.5. The van der Waals surface area contributed by atoms with Gasteiger partial charge in [0.15, 0.2) is 0 Å². The first-order chi connectivity index (χ1) is 17.3. The summed E-state index contributed by atoms with van der Waals surface area (Å²) in [6.07, 6.45) is 5.15. The van der Waals surface area contributed by atoms with Crippen LogP contribution in [0.25, 0.3) is 33.5 Å². The van der Waals surface area contributed by atoms with Gasteiger partial charge in [0.25, 0.3) is 5.91 Å². The SMILES string of the molecule is CC(C)Oc1cc(-n2c(-c3ccc(-n4ccnc4)cc3)cc3ccc(C(=O)O)cc32)ccc1C(N)=O. The van der Waals surface area contributed by atoms with Gasteiger partial charge in [-0.1, -0.05) is 18.2 Å². The number of fused-ring (bicyclic) bond motifs is 1. The van der Waals surface area contributed by atoms with Gasteiger partial charge in [0.1, 0.15) is 5.75 Å². The average Bonchev–Trinajstić information content (AvgIpc) is 3.51. The Morgan fingerprint density at radius 2 is 1.72 bits per heavy atom. The van der Waals surface area contributed by atoms with Crippen LogP contribution in [-0.2, 0) is 0 Å². The van der Waals surface area contributed by atoms with Gasteiger partial charge < -0.3 is 24.7 Å². The van der Waals surface area contributed by atoms with Crippen LogP contribution in [0, 0.1) is 0 Å². The molecule has 0 saturated carbocycles. The second-order valence-corrected chi connectivity index (χ2v) is 8.67. The minimum Gasteiger partial charge on any atom is -0.490 e. The number of nitrogens with two attached hydrogens (primary N) is 1. The fraction of sp³-hybridized carbons (Fsp3) is 0.107. The first kappa shape index (κ1) is 22.9. The monoisotopic (exact) mass is 480 g/mol. The molecule has 0 aliphatic carbocycles. The molecule has 0 spiro atoms. The summed E-state index contributed by atoms with van der Waals surface area (Å²) in [5.41, 5.74) is 10.2. The number of carboxylic acid groups (broad SMARTS) is 1. The lowest BCUT2D eigenvalue weighted by Gasteiger charge is -2.17. The van der Waals surface area contributed by atoms with Crippen LogP contribution in [0.3, 0.4) is 0 Å². The van der Waals surface area contributed by atoms with Crippen molar-refractivity contribution in [2.24, 2.45) is 5.73 Å². The highest BCUT2D eigenvalue weighted by molar-refractivity contribution is 5.98. The predicted molar refractivity (Wildman–Crippen MR) is 137 cm³/mol. The summed E-state index contributed by atoms with van der Waals surface area (Å²) in [4.78, 5) is 27.8. The molecule has 1 amide bonds. The maximum Gasteiger partial charge on any atom is 0.335 e. The third kappa shape index (κ3) is 4.20. The van der Waals surface area contributed by atoms with Crippen LogP contribution < -0.4 is 10.5 Å². The van der Waals surface area contributed by atoms with E-state index in [0.717, 1.165) is 22.3 Å². The van der Waals surface area contributed by atoms with Gasteiger partial charge in [-0.3, -0.25) is 4.79 Å². The molecule has 3 N–H and O–H groups in total. The van der Waals surface area contributed by atoms with E-state index in [1.807, 2.05) is 59.5 Å². The number of benzene rings is 3. The zero-order chi connectivity index (χ0) is 25.4. The van der Waals surface area contributed by atoms with Gasteiger partial charge in [-0.05, 0) is 61.9 Å². The molecule has 0 saturated heterocycles. The van der Waals surface area contributed by atoms with E-state index in [4.69, 9.17) is 10.5 Å². The fourth-order valence-corrected chi connectivity index (χ4v) is 4.25. The van der Waals surface area contributed by atoms with Gasteiger partial charge in [-0.2, -0.15) is 0 Å². The first-order valence-electron chi connectivity index (χ1n) is 11.4. The van der Waals surface area contributed by atoms with E-state index in [1.165, 1.54) is 0 Å². The number of nitrogens with zero attached hydrogens (tertiary/aromatic N) is 3. The molecule has 0 aliphatic rings. The second-order valence-electron chi connectivity index (χ2n) is 8.67. The minimum atomic E-state index is -1.01. The summed E-state index contributed by atoms with van der Waals surface area (Å²) >= 11 is 0. The molecular weight excluding hydrogens is 456 g/mol. The van der Waals surface area contributed by atoms with Crippen LogP contribution in [0.5, 0.6) is 5.75 Å². The molecule has 0 bridgehead atoms. The van der Waals surface area contributed by atoms with E-state index < -0.39 is 11.9 Å². The van der Waals surface area contributed by atoms with Gasteiger partial charge >= 0.3 is 5.97 Å². The lowest BCUT2D eigenvalue weighted by atomic mass is 10.1. The number of hydrogen-bond acceptors (Lipinski definition) is 4. The molecule has 0 fully saturated rings. The molecule has 5 aromatic rings. The van der Waals surface area contributed by atoms with E-state index in [2.05, 4.69) is 4.98 Å². The van der Waals surface area contributed by atoms with Crippen LogP contribution in [0.1, 0.15) is 34.6 Å². The molecule has 3 aromatic carbocycles.